The van der Waals surface area contributed by atoms with Crippen molar-refractivity contribution in [3.8, 4) is 0 Å². The fourth-order valence-corrected chi connectivity index (χ4v) is 4.32. The number of carbonyl (C=O) groups is 1. The maximum absolute atomic E-state index is 13.1. The van der Waals surface area contributed by atoms with Gasteiger partial charge in [0.05, 0.1) is 11.6 Å². The van der Waals surface area contributed by atoms with Crippen molar-refractivity contribution < 1.29 is 4.79 Å². The number of allylic oxidation sites excluding steroid dienone is 1. The molecule has 1 aliphatic carbocycles. The van der Waals surface area contributed by atoms with Crippen molar-refractivity contribution in [2.45, 2.75) is 31.8 Å². The second-order valence-electron chi connectivity index (χ2n) is 6.36. The van der Waals surface area contributed by atoms with Gasteiger partial charge in [0.25, 0.3) is 5.91 Å². The summed E-state index contributed by atoms with van der Waals surface area (Å²) in [6.07, 6.45) is 2.24. The Bertz CT molecular complexity index is 826. The van der Waals surface area contributed by atoms with Crippen LogP contribution in [0.15, 0.2) is 58.4 Å². The zero-order valence-electron chi connectivity index (χ0n) is 13.9. The summed E-state index contributed by atoms with van der Waals surface area (Å²) in [4.78, 5) is 15.2. The van der Waals surface area contributed by atoms with E-state index in [-0.39, 0.29) is 11.9 Å². The Morgan fingerprint density at radius 2 is 2.04 bits per heavy atom. The number of thiocarbonyl (C=S) groups is 1. The molecule has 1 aromatic heterocycles. The molecule has 4 nitrogen and oxygen atoms in total. The second kappa shape index (κ2) is 6.61. The highest BCUT2D eigenvalue weighted by Crippen LogP contribution is 2.38. The highest BCUT2D eigenvalue weighted by Gasteiger charge is 2.40. The Morgan fingerprint density at radius 3 is 2.68 bits per heavy atom. The number of amides is 1. The minimum Gasteiger partial charge on any atom is -0.351 e. The van der Waals surface area contributed by atoms with Gasteiger partial charge in [-0.1, -0.05) is 18.2 Å². The summed E-state index contributed by atoms with van der Waals surface area (Å²) in [5.74, 6) is -0.0828. The van der Waals surface area contributed by atoms with Gasteiger partial charge < -0.3 is 15.5 Å². The van der Waals surface area contributed by atoms with Crippen molar-refractivity contribution in [3.63, 3.8) is 0 Å². The second-order valence-corrected chi connectivity index (χ2v) is 7.53. The summed E-state index contributed by atoms with van der Waals surface area (Å²) < 4.78 is 0. The van der Waals surface area contributed by atoms with Gasteiger partial charge in [0.15, 0.2) is 5.11 Å². The van der Waals surface area contributed by atoms with Crippen LogP contribution in [0.25, 0.3) is 0 Å². The van der Waals surface area contributed by atoms with Crippen LogP contribution in [0.3, 0.4) is 0 Å². The quantitative estimate of drug-likeness (QED) is 0.798. The van der Waals surface area contributed by atoms with Crippen LogP contribution in [0.4, 0.5) is 5.69 Å². The van der Waals surface area contributed by atoms with E-state index in [1.54, 1.807) is 11.3 Å². The lowest BCUT2D eigenvalue weighted by molar-refractivity contribution is -0.113. The lowest BCUT2D eigenvalue weighted by Gasteiger charge is -2.37. The van der Waals surface area contributed by atoms with E-state index in [9.17, 15) is 4.79 Å². The van der Waals surface area contributed by atoms with E-state index in [0.717, 1.165) is 35.4 Å². The molecule has 1 aliphatic heterocycles. The molecule has 1 atom stereocenters. The van der Waals surface area contributed by atoms with Crippen LogP contribution in [0.2, 0.25) is 0 Å². The number of hydrogen-bond donors (Lipinski definition) is 2. The van der Waals surface area contributed by atoms with Crippen LogP contribution < -0.4 is 10.6 Å². The lowest BCUT2D eigenvalue weighted by Crippen LogP contribution is -2.49. The van der Waals surface area contributed by atoms with E-state index in [0.29, 0.717) is 11.2 Å². The van der Waals surface area contributed by atoms with Crippen LogP contribution in [0.5, 0.6) is 0 Å². The molecule has 2 N–H and O–H groups in total. The highest BCUT2D eigenvalue weighted by atomic mass is 32.1. The first-order valence-corrected chi connectivity index (χ1v) is 9.69. The average molecular weight is 370 g/mol. The third kappa shape index (κ3) is 3.19. The van der Waals surface area contributed by atoms with Gasteiger partial charge in [-0.25, -0.2) is 0 Å². The van der Waals surface area contributed by atoms with Gasteiger partial charge in [0.1, 0.15) is 0 Å². The van der Waals surface area contributed by atoms with Gasteiger partial charge in [0.2, 0.25) is 0 Å². The zero-order chi connectivity index (χ0) is 17.4. The molecule has 4 rings (SSSR count). The first-order valence-electron chi connectivity index (χ1n) is 8.34. The topological polar surface area (TPSA) is 44.4 Å². The van der Waals surface area contributed by atoms with Crippen molar-refractivity contribution in [1.29, 1.82) is 0 Å². The Kier molecular flexibility index (Phi) is 4.31. The molecule has 1 fully saturated rings. The third-order valence-electron chi connectivity index (χ3n) is 4.59. The Hall–Kier alpha value is -2.18. The average Bonchev–Trinajstić information content (AvgIpc) is 3.27. The van der Waals surface area contributed by atoms with E-state index in [1.807, 2.05) is 48.7 Å². The van der Waals surface area contributed by atoms with Gasteiger partial charge in [-0.2, -0.15) is 11.3 Å². The molecule has 2 heterocycles. The molecule has 1 amide bonds. The smallest absolute Gasteiger partial charge is 0.255 e. The number of thiophene rings is 1. The molecule has 0 spiro atoms. The molecule has 0 bridgehead atoms. The monoisotopic (exact) mass is 369 g/mol. The minimum atomic E-state index is -0.211. The minimum absolute atomic E-state index is 0.0828. The zero-order valence-corrected chi connectivity index (χ0v) is 15.5. The SMILES string of the molecule is CC1=C(C(=O)Nc2ccccc2)C(c2ccsc2)NC(=S)N1C1CC1. The molecule has 0 radical (unpaired) electrons. The van der Waals surface area contributed by atoms with Gasteiger partial charge in [0, 0.05) is 17.4 Å². The number of nitrogens with one attached hydrogen (secondary N) is 2. The molecule has 25 heavy (non-hydrogen) atoms. The summed E-state index contributed by atoms with van der Waals surface area (Å²) in [5.41, 5.74) is 3.56. The van der Waals surface area contributed by atoms with E-state index in [1.165, 1.54) is 0 Å². The van der Waals surface area contributed by atoms with Crippen LogP contribution in [0.1, 0.15) is 31.4 Å². The van der Waals surface area contributed by atoms with E-state index in [2.05, 4.69) is 20.9 Å². The van der Waals surface area contributed by atoms with Gasteiger partial charge in [-0.3, -0.25) is 4.79 Å². The molecular weight excluding hydrogens is 350 g/mol. The van der Waals surface area contributed by atoms with Crippen LogP contribution in [-0.4, -0.2) is 22.0 Å². The predicted molar refractivity (Wildman–Crippen MR) is 105 cm³/mol. The normalized spacial score (nSPS) is 20.4. The van der Waals surface area contributed by atoms with Crippen molar-refractivity contribution in [1.82, 2.24) is 10.2 Å². The molecule has 6 heteroatoms. The number of hydrogen-bond acceptors (Lipinski definition) is 3. The van der Waals surface area contributed by atoms with Crippen LogP contribution in [0, 0.1) is 0 Å². The van der Waals surface area contributed by atoms with Crippen LogP contribution >= 0.6 is 23.6 Å². The number of anilines is 1. The van der Waals surface area contributed by atoms with Crippen LogP contribution in [-0.2, 0) is 4.79 Å². The predicted octanol–water partition coefficient (Wildman–Crippen LogP) is 4.05. The molecule has 1 unspecified atom stereocenters. The molecule has 1 saturated carbocycles. The van der Waals surface area contributed by atoms with Gasteiger partial charge in [-0.05, 0) is 66.5 Å². The number of para-hydroxylation sites is 1. The fourth-order valence-electron chi connectivity index (χ4n) is 3.23. The van der Waals surface area contributed by atoms with Crippen molar-refractivity contribution in [2.24, 2.45) is 0 Å². The first-order chi connectivity index (χ1) is 12.1. The lowest BCUT2D eigenvalue weighted by atomic mass is 9.96. The van der Waals surface area contributed by atoms with E-state index >= 15 is 0 Å². The molecule has 2 aromatic rings. The molecule has 2 aliphatic rings. The van der Waals surface area contributed by atoms with Gasteiger partial charge >= 0.3 is 0 Å². The first kappa shape index (κ1) is 16.3. The number of rotatable bonds is 4. The van der Waals surface area contributed by atoms with E-state index in [4.69, 9.17) is 12.2 Å². The third-order valence-corrected chi connectivity index (χ3v) is 5.61. The summed E-state index contributed by atoms with van der Waals surface area (Å²) in [6.45, 7) is 2.00. The summed E-state index contributed by atoms with van der Waals surface area (Å²) in [5, 5.41) is 11.2. The summed E-state index contributed by atoms with van der Waals surface area (Å²) in [6, 6.07) is 11.8. The number of carbonyl (C=O) groups excluding carboxylic acids is 1. The standard InChI is InChI=1S/C19H19N3OS2/c1-12-16(18(23)20-14-5-3-2-4-6-14)17(13-9-10-25-11-13)21-19(24)22(12)15-7-8-15/h2-6,9-11,15,17H,7-8H2,1H3,(H,20,23)(H,21,24). The number of benzene rings is 1. The Morgan fingerprint density at radius 1 is 1.28 bits per heavy atom. The van der Waals surface area contributed by atoms with Crippen molar-refractivity contribution >= 4 is 40.3 Å². The van der Waals surface area contributed by atoms with Gasteiger partial charge in [-0.15, -0.1) is 0 Å². The summed E-state index contributed by atoms with van der Waals surface area (Å²) >= 11 is 7.21. The molecule has 128 valence electrons. The highest BCUT2D eigenvalue weighted by molar-refractivity contribution is 7.80. The molecule has 0 saturated heterocycles. The maximum atomic E-state index is 13.1. The Labute approximate surface area is 156 Å². The van der Waals surface area contributed by atoms with E-state index < -0.39 is 0 Å². The number of nitrogens with zero attached hydrogens (tertiary/aromatic N) is 1. The summed E-state index contributed by atoms with van der Waals surface area (Å²) in [7, 11) is 0. The Balaban J connectivity index is 1.72. The fraction of sp³-hybridized carbons (Fsp3) is 0.263. The maximum Gasteiger partial charge on any atom is 0.255 e. The molecular formula is C19H19N3OS2. The van der Waals surface area contributed by atoms with Crippen molar-refractivity contribution in [3.05, 3.63) is 64.0 Å². The largest absolute Gasteiger partial charge is 0.351 e. The van der Waals surface area contributed by atoms with Crippen molar-refractivity contribution in [2.75, 3.05) is 5.32 Å². The molecule has 1 aromatic carbocycles.